The number of nitrogens with one attached hydrogen (secondary N) is 7. The molecule has 18 N–H and O–H groups in total. The largest absolute Gasteiger partial charge is 0.507 e. The number of imide groups is 1. The maximum atomic E-state index is 17.0. The van der Waals surface area contributed by atoms with Crippen LogP contribution in [0.1, 0.15) is 240 Å². The molecule has 0 radical (unpaired) electrons. The standard InChI is InChI=1S/C96H124Cl2N8O26S/c1-7-9-10-11-12-13-24-133(125,126)101-23-22-100-43-62-66(109)41-61-78(85(62)117)60-32-51(16-19-65(60)108)59-40-68(111)79-56-36-72(128-70-20-17-52(33-63(70)97)83(115)81(105-91(121)50(8-2)25-45(3)4)67(110)35-57(92(122)103-79)38-76(114)102-75(113)31-47-14-15-47)88(132-95-89(87(119)86(118)74(44-107)130-95)131-77-42-96(6,99)90(120)46(5)127-77)73(37-56)129-71-21-18-53(34-64(71)98)84(116)82(106-93(59)123)94(124)104-80(61)69(112)39-58-54-27-48-26-49(29-54)30-55(58)28-48/h16-21,32-34,36-37,41,45-50,54-55,57-59,74,77,79-84,86-87,89-90,95,100-101,107-109,115-120H,7-15,22-31,35,38-40,42-44,99H2,1-6H3,(H,103,122)(H,104,124)(H,105,121)(H,106,123)(H,102,113,114)/t46-,48?,49?,50+,54?,55?,57-,58?,59+,74+,77-,79+,80-,81-,82-,83+,84+,86+,87-,89+,90+,95-,96-/m0/s1. The van der Waals surface area contributed by atoms with Gasteiger partial charge in [-0.2, -0.15) is 0 Å². The van der Waals surface area contributed by atoms with Crippen molar-refractivity contribution in [2.24, 2.45) is 59.0 Å². The lowest BCUT2D eigenvalue weighted by Gasteiger charge is -2.54. The normalized spacial score (nSPS) is 30.1. The second kappa shape index (κ2) is 42.7. The molecule has 5 aromatic carbocycles. The fourth-order valence-corrected chi connectivity index (χ4v) is 22.3. The summed E-state index contributed by atoms with van der Waals surface area (Å²) in [5, 5.41) is 125. The van der Waals surface area contributed by atoms with Gasteiger partial charge in [0.2, 0.25) is 57.5 Å². The van der Waals surface area contributed by atoms with Gasteiger partial charge in [-0.05, 0) is 202 Å². The van der Waals surface area contributed by atoms with Gasteiger partial charge in [0, 0.05) is 80.7 Å². The number of hydrogen-bond acceptors (Lipinski definition) is 28. The molecule has 7 fully saturated rings. The number of ether oxygens (including phenoxy) is 6. The van der Waals surface area contributed by atoms with Crippen molar-refractivity contribution in [3.8, 4) is 57.1 Å². The Hall–Kier alpha value is -9.02. The van der Waals surface area contributed by atoms with Gasteiger partial charge in [-0.25, -0.2) is 13.1 Å². The summed E-state index contributed by atoms with van der Waals surface area (Å²) in [4.78, 5) is 140. The number of amides is 6. The number of halogens is 2. The summed E-state index contributed by atoms with van der Waals surface area (Å²) in [6.45, 7) is 9.07. The number of carbonyl (C=O) groups is 9. The molecule has 15 bridgehead atoms. The molecule has 12 aliphatic rings. The Bertz CT molecular complexity index is 5260. The number of carbonyl (C=O) groups excluding carboxylic acids is 9. The van der Waals surface area contributed by atoms with E-state index in [1.807, 2.05) is 13.8 Å². The monoisotopic (exact) mass is 1910 g/mol. The highest BCUT2D eigenvalue weighted by Gasteiger charge is 2.54. The first-order valence-corrected chi connectivity index (χ1v) is 49.0. The van der Waals surface area contributed by atoms with Gasteiger partial charge >= 0.3 is 0 Å². The summed E-state index contributed by atoms with van der Waals surface area (Å²) in [7, 11) is -3.75. The predicted octanol–water partition coefficient (Wildman–Crippen LogP) is 8.79. The van der Waals surface area contributed by atoms with Crippen LogP contribution in [-0.2, 0) is 73.9 Å². The molecule has 0 aromatic heterocycles. The second-order valence-corrected chi connectivity index (χ2v) is 41.3. The van der Waals surface area contributed by atoms with Crippen LogP contribution in [0.25, 0.3) is 11.1 Å². The van der Waals surface area contributed by atoms with Crippen molar-refractivity contribution < 1.29 is 126 Å². The van der Waals surface area contributed by atoms with E-state index in [4.69, 9.17) is 57.4 Å². The van der Waals surface area contributed by atoms with Crippen LogP contribution in [0.15, 0.2) is 72.8 Å². The van der Waals surface area contributed by atoms with E-state index in [9.17, 15) is 68.8 Å². The minimum atomic E-state index is -3.75. The summed E-state index contributed by atoms with van der Waals surface area (Å²) in [6.07, 6.45) is -9.49. The minimum absolute atomic E-state index is 0.0493. The summed E-state index contributed by atoms with van der Waals surface area (Å²) in [6, 6.07) is 6.00. The second-order valence-electron chi connectivity index (χ2n) is 38.6. The summed E-state index contributed by atoms with van der Waals surface area (Å²) in [5.74, 6) is -17.5. The van der Waals surface area contributed by atoms with E-state index >= 15 is 28.8 Å². The van der Waals surface area contributed by atoms with Gasteiger partial charge in [-0.1, -0.05) is 101 Å². The number of sulfonamides is 1. The Labute approximate surface area is 782 Å². The van der Waals surface area contributed by atoms with Crippen molar-refractivity contribution in [1.82, 2.24) is 36.6 Å². The van der Waals surface area contributed by atoms with Gasteiger partial charge < -0.3 is 107 Å². The predicted molar refractivity (Wildman–Crippen MR) is 484 cm³/mol. The molecule has 7 heterocycles. The average Bonchev–Trinajstić information content (AvgIpc) is 1.47. The number of aromatic hydroxyl groups is 3. The fourth-order valence-electron chi connectivity index (χ4n) is 20.7. The zero-order chi connectivity index (χ0) is 95.5. The molecule has 724 valence electrons. The van der Waals surface area contributed by atoms with E-state index in [0.717, 1.165) is 88.1 Å². The minimum Gasteiger partial charge on any atom is -0.507 e. The number of aliphatic hydroxyl groups excluding tert-OH is 6. The highest BCUT2D eigenvalue weighted by Crippen LogP contribution is 2.59. The Kier molecular flexibility index (Phi) is 32.1. The van der Waals surface area contributed by atoms with Crippen LogP contribution < -0.4 is 56.6 Å². The molecule has 0 spiro atoms. The molecule has 37 heteroatoms. The Morgan fingerprint density at radius 3 is 1.95 bits per heavy atom. The van der Waals surface area contributed by atoms with Gasteiger partial charge in [-0.3, -0.25) is 48.5 Å². The quantitative estimate of drug-likeness (QED) is 0.0191. The van der Waals surface area contributed by atoms with Crippen molar-refractivity contribution >= 4 is 86.0 Å². The molecule has 2 saturated heterocycles. The molecule has 5 aromatic rings. The first kappa shape index (κ1) is 99.9. The molecule has 133 heavy (non-hydrogen) atoms. The number of hydrogen-bond donors (Lipinski definition) is 17. The molecule has 7 aliphatic heterocycles. The van der Waals surface area contributed by atoms with Crippen LogP contribution in [0.5, 0.6) is 46.0 Å². The summed E-state index contributed by atoms with van der Waals surface area (Å²) < 4.78 is 68.4. The number of unbranched alkanes of at least 4 members (excludes halogenated alkanes) is 5. The van der Waals surface area contributed by atoms with Crippen LogP contribution in [0.4, 0.5) is 0 Å². The lowest BCUT2D eigenvalue weighted by Crippen LogP contribution is -2.64. The molecule has 6 amide bonds. The number of benzene rings is 5. The van der Waals surface area contributed by atoms with E-state index < -0.39 is 249 Å². The number of nitrogens with two attached hydrogens (primary N) is 1. The SMILES string of the molecule is CCCCCCCCS(=O)(=O)NCCNCc1c(O)cc2c(c1O)-c1cc(ccc1O)[C@H]1CC(=O)[C@@H]3NC(=O)[C@H](CC(=O)NC(=O)CC4CC4)CC(=O)[C@H](NC(=O)[C@H](CC)CC(C)C)[C@H](O)c4ccc(c(Cl)c4)Oc4cc3cc(c4O[C@@H]3O[C@H](CO)[C@@H](O)[C@H](O)[C@H]3O[C@H]3C[C@](C)(N)[C@H](O)[C@H](C)O3)Oc3ccc(cc3Cl)[C@@H](O)[C@H](NC1=O)C(=O)N[C@@H]2C(=O)CC1C2CC3CC(C2)CC1C3. The maximum Gasteiger partial charge on any atom is 0.246 e. The Morgan fingerprint density at radius 2 is 1.32 bits per heavy atom. The molecular weight excluding hydrogens is 1780 g/mol. The first-order valence-electron chi connectivity index (χ1n) is 46.5. The van der Waals surface area contributed by atoms with Crippen LogP contribution in [0, 0.1) is 53.3 Å². The van der Waals surface area contributed by atoms with Crippen molar-refractivity contribution in [2.75, 3.05) is 25.4 Å². The number of fused-ring (bicyclic) bond motifs is 15. The summed E-state index contributed by atoms with van der Waals surface area (Å²) >= 11 is 14.6. The number of rotatable bonds is 30. The van der Waals surface area contributed by atoms with E-state index in [1.54, 1.807) is 6.92 Å². The molecule has 18 atom stereocenters. The lowest BCUT2D eigenvalue weighted by atomic mass is 9.51. The lowest BCUT2D eigenvalue weighted by molar-refractivity contribution is -0.333. The Morgan fingerprint density at radius 1 is 0.684 bits per heavy atom. The molecule has 5 aliphatic carbocycles. The third kappa shape index (κ3) is 23.3. The maximum absolute atomic E-state index is 17.0. The first-order chi connectivity index (χ1) is 63.3. The third-order valence-electron chi connectivity index (χ3n) is 28.0. The molecule has 34 nitrogen and oxygen atoms in total. The van der Waals surface area contributed by atoms with E-state index in [-0.39, 0.29) is 130 Å². The number of phenolic OH excluding ortho intramolecular Hbond substituents is 3. The molecular formula is C96H124Cl2N8O26S. The smallest absolute Gasteiger partial charge is 0.246 e. The van der Waals surface area contributed by atoms with Crippen molar-refractivity contribution in [3.05, 3.63) is 116 Å². The molecule has 5 saturated carbocycles. The van der Waals surface area contributed by atoms with Gasteiger partial charge in [0.15, 0.2) is 41.2 Å². The van der Waals surface area contributed by atoms with Gasteiger partial charge in [0.05, 0.1) is 52.0 Å². The van der Waals surface area contributed by atoms with Crippen LogP contribution in [0.3, 0.4) is 0 Å². The van der Waals surface area contributed by atoms with Crippen LogP contribution in [-0.4, -0.2) is 199 Å². The van der Waals surface area contributed by atoms with Gasteiger partial charge in [0.1, 0.15) is 83.4 Å². The van der Waals surface area contributed by atoms with Gasteiger partial charge in [-0.15, -0.1) is 0 Å². The number of Topliss-reactive ketones (excluding diaryl/α,β-unsaturated/α-hetero) is 3. The van der Waals surface area contributed by atoms with E-state index in [2.05, 4.69) is 43.5 Å². The summed E-state index contributed by atoms with van der Waals surface area (Å²) in [5.41, 5.74) is 3.05. The van der Waals surface area contributed by atoms with Crippen molar-refractivity contribution in [3.63, 3.8) is 0 Å². The van der Waals surface area contributed by atoms with Crippen LogP contribution in [0.2, 0.25) is 10.0 Å². The average molecular weight is 1910 g/mol. The highest BCUT2D eigenvalue weighted by molar-refractivity contribution is 7.89. The number of aliphatic hydroxyl groups is 6. The zero-order valence-electron chi connectivity index (χ0n) is 75.4. The fraction of sp³-hybridized carbons (Fsp3) is 0.594. The van der Waals surface area contributed by atoms with E-state index in [1.165, 1.54) is 56.3 Å². The molecule has 17 rings (SSSR count). The van der Waals surface area contributed by atoms with Crippen LogP contribution >= 0.6 is 23.2 Å². The Balaban J connectivity index is 0.953. The number of ketones is 3. The third-order valence-corrected chi connectivity index (χ3v) is 30.0. The van der Waals surface area contributed by atoms with Gasteiger partial charge in [0.25, 0.3) is 0 Å². The van der Waals surface area contributed by atoms with Crippen molar-refractivity contribution in [2.45, 2.75) is 280 Å². The number of phenols is 3. The zero-order valence-corrected chi connectivity index (χ0v) is 77.7. The molecule has 0 unspecified atom stereocenters. The topological polar surface area (TPSA) is 535 Å². The van der Waals surface area contributed by atoms with Crippen molar-refractivity contribution in [1.29, 1.82) is 0 Å². The van der Waals surface area contributed by atoms with E-state index in [0.29, 0.717) is 43.9 Å². The highest BCUT2D eigenvalue weighted by atomic mass is 35.5.